The Bertz CT molecular complexity index is 1230. The maximum atomic E-state index is 12.7. The monoisotopic (exact) mass is 432 g/mol. The third kappa shape index (κ3) is 4.69. The van der Waals surface area contributed by atoms with E-state index in [1.54, 1.807) is 4.68 Å². The van der Waals surface area contributed by atoms with E-state index in [0.29, 0.717) is 11.0 Å². The number of amides is 1. The fourth-order valence-electron chi connectivity index (χ4n) is 3.28. The van der Waals surface area contributed by atoms with E-state index in [0.717, 1.165) is 28.5 Å². The first-order chi connectivity index (χ1) is 14.9. The van der Waals surface area contributed by atoms with Gasteiger partial charge in [0.25, 0.3) is 0 Å². The maximum Gasteiger partial charge on any atom is 0.236 e. The van der Waals surface area contributed by atoms with Crippen LogP contribution in [-0.2, 0) is 4.79 Å². The van der Waals surface area contributed by atoms with Crippen LogP contribution in [0.15, 0.2) is 59.8 Å². The number of nitrogens with zero attached hydrogens (tertiary/aromatic N) is 5. The number of nitrogens with one attached hydrogen (secondary N) is 1. The molecule has 0 aliphatic carbocycles. The fourth-order valence-corrected chi connectivity index (χ4v) is 4.08. The van der Waals surface area contributed by atoms with Crippen LogP contribution in [0.2, 0.25) is 0 Å². The SMILES string of the molecule is Cc1ccc(-n2nc(C)cc2NC(=O)CSc2nnc(C)n2-c2cccc(C)c2)cc1. The molecule has 8 heteroatoms. The van der Waals surface area contributed by atoms with Gasteiger partial charge < -0.3 is 5.32 Å². The summed E-state index contributed by atoms with van der Waals surface area (Å²) in [7, 11) is 0. The summed E-state index contributed by atoms with van der Waals surface area (Å²) >= 11 is 1.35. The number of thioether (sulfide) groups is 1. The summed E-state index contributed by atoms with van der Waals surface area (Å²) in [4.78, 5) is 12.7. The summed E-state index contributed by atoms with van der Waals surface area (Å²) < 4.78 is 3.71. The highest BCUT2D eigenvalue weighted by atomic mass is 32.2. The van der Waals surface area contributed by atoms with Gasteiger partial charge in [-0.25, -0.2) is 4.68 Å². The van der Waals surface area contributed by atoms with Crippen molar-refractivity contribution in [2.45, 2.75) is 32.9 Å². The van der Waals surface area contributed by atoms with Gasteiger partial charge in [0.1, 0.15) is 11.6 Å². The van der Waals surface area contributed by atoms with Gasteiger partial charge in [0.15, 0.2) is 5.16 Å². The van der Waals surface area contributed by atoms with E-state index in [4.69, 9.17) is 0 Å². The molecule has 1 N–H and O–H groups in total. The van der Waals surface area contributed by atoms with Crippen LogP contribution < -0.4 is 5.32 Å². The first-order valence-corrected chi connectivity index (χ1v) is 10.9. The Morgan fingerprint density at radius 1 is 0.935 bits per heavy atom. The van der Waals surface area contributed by atoms with Crippen LogP contribution in [0.25, 0.3) is 11.4 Å². The van der Waals surface area contributed by atoms with Gasteiger partial charge in [-0.3, -0.25) is 9.36 Å². The molecule has 0 unspecified atom stereocenters. The Labute approximate surface area is 185 Å². The molecule has 2 aromatic heterocycles. The number of anilines is 1. The van der Waals surface area contributed by atoms with Gasteiger partial charge in [0.05, 0.1) is 17.1 Å². The Kier molecular flexibility index (Phi) is 5.90. The van der Waals surface area contributed by atoms with Crippen molar-refractivity contribution in [2.75, 3.05) is 11.1 Å². The molecule has 2 aromatic carbocycles. The molecule has 0 aliphatic rings. The molecule has 0 fully saturated rings. The van der Waals surface area contributed by atoms with Crippen molar-refractivity contribution in [3.05, 3.63) is 77.2 Å². The zero-order valence-corrected chi connectivity index (χ0v) is 18.8. The largest absolute Gasteiger partial charge is 0.310 e. The topological polar surface area (TPSA) is 77.6 Å². The molecule has 0 radical (unpaired) electrons. The second-order valence-corrected chi connectivity index (χ2v) is 8.40. The lowest BCUT2D eigenvalue weighted by Crippen LogP contribution is -2.17. The number of hydrogen-bond acceptors (Lipinski definition) is 5. The van der Waals surface area contributed by atoms with Crippen molar-refractivity contribution in [3.8, 4) is 11.4 Å². The minimum absolute atomic E-state index is 0.130. The van der Waals surface area contributed by atoms with Gasteiger partial charge >= 0.3 is 0 Å². The normalized spacial score (nSPS) is 11.0. The minimum Gasteiger partial charge on any atom is -0.310 e. The van der Waals surface area contributed by atoms with Crippen LogP contribution in [0.4, 0.5) is 5.82 Å². The molecule has 4 aromatic rings. The van der Waals surface area contributed by atoms with Gasteiger partial charge in [-0.1, -0.05) is 41.6 Å². The molecule has 0 atom stereocenters. The molecule has 0 saturated carbocycles. The van der Waals surface area contributed by atoms with Gasteiger partial charge in [0.2, 0.25) is 5.91 Å². The fraction of sp³-hybridized carbons (Fsp3) is 0.217. The number of carbonyl (C=O) groups is 1. The summed E-state index contributed by atoms with van der Waals surface area (Å²) in [6.45, 7) is 7.89. The summed E-state index contributed by atoms with van der Waals surface area (Å²) in [5, 5.41) is 16.6. The van der Waals surface area contributed by atoms with E-state index < -0.39 is 0 Å². The summed E-state index contributed by atoms with van der Waals surface area (Å²) in [6.07, 6.45) is 0. The quantitative estimate of drug-likeness (QED) is 0.457. The van der Waals surface area contributed by atoms with Gasteiger partial charge in [-0.2, -0.15) is 5.10 Å². The molecule has 0 saturated heterocycles. The van der Waals surface area contributed by atoms with Gasteiger partial charge in [0, 0.05) is 11.8 Å². The van der Waals surface area contributed by atoms with Crippen LogP contribution >= 0.6 is 11.8 Å². The number of aromatic nitrogens is 5. The molecule has 4 rings (SSSR count). The number of benzene rings is 2. The van der Waals surface area contributed by atoms with E-state index in [1.165, 1.54) is 17.3 Å². The van der Waals surface area contributed by atoms with E-state index >= 15 is 0 Å². The highest BCUT2D eigenvalue weighted by Crippen LogP contribution is 2.23. The Morgan fingerprint density at radius 3 is 2.45 bits per heavy atom. The average Bonchev–Trinajstić information content (AvgIpc) is 3.29. The molecule has 0 aliphatic heterocycles. The van der Waals surface area contributed by atoms with Crippen LogP contribution in [0.1, 0.15) is 22.6 Å². The van der Waals surface area contributed by atoms with Crippen molar-refractivity contribution in [3.63, 3.8) is 0 Å². The Hall–Kier alpha value is -3.39. The molecular weight excluding hydrogens is 408 g/mol. The van der Waals surface area contributed by atoms with E-state index in [9.17, 15) is 4.79 Å². The Balaban J connectivity index is 1.49. The van der Waals surface area contributed by atoms with Gasteiger partial charge in [-0.15, -0.1) is 10.2 Å². The lowest BCUT2D eigenvalue weighted by Gasteiger charge is -2.10. The average molecular weight is 433 g/mol. The van der Waals surface area contributed by atoms with Crippen molar-refractivity contribution in [2.24, 2.45) is 0 Å². The third-order valence-electron chi connectivity index (χ3n) is 4.76. The summed E-state index contributed by atoms with van der Waals surface area (Å²) in [5.41, 5.74) is 5.04. The lowest BCUT2D eigenvalue weighted by molar-refractivity contribution is -0.113. The molecule has 31 heavy (non-hydrogen) atoms. The van der Waals surface area contributed by atoms with Crippen molar-refractivity contribution in [1.82, 2.24) is 24.5 Å². The second-order valence-electron chi connectivity index (χ2n) is 7.46. The predicted molar refractivity (Wildman–Crippen MR) is 123 cm³/mol. The highest BCUT2D eigenvalue weighted by molar-refractivity contribution is 7.99. The minimum atomic E-state index is -0.130. The summed E-state index contributed by atoms with van der Waals surface area (Å²) in [5.74, 6) is 1.50. The van der Waals surface area contributed by atoms with E-state index in [-0.39, 0.29) is 11.7 Å². The van der Waals surface area contributed by atoms with Crippen LogP contribution in [-0.4, -0.2) is 36.2 Å². The molecular formula is C23H24N6OS. The zero-order valence-electron chi connectivity index (χ0n) is 18.0. The first kappa shape index (κ1) is 20.9. The van der Waals surface area contributed by atoms with Crippen molar-refractivity contribution in [1.29, 1.82) is 0 Å². The molecule has 0 bridgehead atoms. The Morgan fingerprint density at radius 2 is 1.71 bits per heavy atom. The number of carbonyl (C=O) groups excluding carboxylic acids is 1. The predicted octanol–water partition coefficient (Wildman–Crippen LogP) is 4.42. The second kappa shape index (κ2) is 8.77. The standard InChI is InChI=1S/C23H24N6OS/c1-15-8-10-19(11-9-15)29-21(13-17(3)27-29)24-22(30)14-31-23-26-25-18(4)28(23)20-7-5-6-16(2)12-20/h5-13H,14H2,1-4H3,(H,24,30). The molecule has 7 nitrogen and oxygen atoms in total. The zero-order chi connectivity index (χ0) is 22.0. The smallest absolute Gasteiger partial charge is 0.236 e. The molecule has 2 heterocycles. The highest BCUT2D eigenvalue weighted by Gasteiger charge is 2.15. The number of hydrogen-bond donors (Lipinski definition) is 1. The van der Waals surface area contributed by atoms with Crippen LogP contribution in [0, 0.1) is 27.7 Å². The molecule has 158 valence electrons. The van der Waals surface area contributed by atoms with Crippen LogP contribution in [0.3, 0.4) is 0 Å². The van der Waals surface area contributed by atoms with Crippen molar-refractivity contribution < 1.29 is 4.79 Å². The number of aryl methyl sites for hydroxylation is 4. The van der Waals surface area contributed by atoms with Gasteiger partial charge in [-0.05, 0) is 57.5 Å². The van der Waals surface area contributed by atoms with E-state index in [1.807, 2.05) is 80.8 Å². The lowest BCUT2D eigenvalue weighted by atomic mass is 10.2. The molecule has 0 spiro atoms. The first-order valence-electron chi connectivity index (χ1n) is 9.96. The third-order valence-corrected chi connectivity index (χ3v) is 5.69. The maximum absolute atomic E-state index is 12.7. The van der Waals surface area contributed by atoms with Crippen LogP contribution in [0.5, 0.6) is 0 Å². The summed E-state index contributed by atoms with van der Waals surface area (Å²) in [6, 6.07) is 18.0. The number of rotatable bonds is 6. The molecule has 1 amide bonds. The van der Waals surface area contributed by atoms with Crippen molar-refractivity contribution >= 4 is 23.5 Å². The van der Waals surface area contributed by atoms with E-state index in [2.05, 4.69) is 26.7 Å².